The number of aryl methyl sites for hydroxylation is 1. The SMILES string of the molecule is COCC(C)N(C)S(=O)(=O)c1cc(C(=O)O)cc(C)c1Br. The number of carboxylic acid groups (broad SMARTS) is 1. The van der Waals surface area contributed by atoms with Crippen molar-refractivity contribution in [1.82, 2.24) is 4.31 Å². The van der Waals surface area contributed by atoms with Crippen LogP contribution in [0.15, 0.2) is 21.5 Å². The first-order valence-electron chi connectivity index (χ1n) is 6.13. The molecule has 0 fully saturated rings. The Morgan fingerprint density at radius 2 is 2.05 bits per heavy atom. The highest BCUT2D eigenvalue weighted by molar-refractivity contribution is 9.10. The van der Waals surface area contributed by atoms with Crippen LogP contribution < -0.4 is 0 Å². The summed E-state index contributed by atoms with van der Waals surface area (Å²) in [5.41, 5.74) is 0.475. The van der Waals surface area contributed by atoms with Gasteiger partial charge in [0.2, 0.25) is 10.0 Å². The third-order valence-corrected chi connectivity index (χ3v) is 6.46. The number of sulfonamides is 1. The van der Waals surface area contributed by atoms with Crippen molar-refractivity contribution in [1.29, 1.82) is 0 Å². The van der Waals surface area contributed by atoms with E-state index in [-0.39, 0.29) is 23.1 Å². The number of carbonyl (C=O) groups is 1. The van der Waals surface area contributed by atoms with Crippen molar-refractivity contribution < 1.29 is 23.1 Å². The molecule has 118 valence electrons. The number of ether oxygens (including phenoxy) is 1. The topological polar surface area (TPSA) is 83.9 Å². The van der Waals surface area contributed by atoms with Gasteiger partial charge in [-0.05, 0) is 47.5 Å². The average Bonchev–Trinajstić information content (AvgIpc) is 2.40. The van der Waals surface area contributed by atoms with Crippen molar-refractivity contribution in [2.75, 3.05) is 20.8 Å². The highest BCUT2D eigenvalue weighted by Gasteiger charge is 2.29. The van der Waals surface area contributed by atoms with E-state index in [1.807, 2.05) is 0 Å². The zero-order chi connectivity index (χ0) is 16.4. The Balaban J connectivity index is 3.40. The van der Waals surface area contributed by atoms with Gasteiger partial charge in [0.1, 0.15) is 0 Å². The number of hydrogen-bond acceptors (Lipinski definition) is 4. The minimum atomic E-state index is -3.83. The van der Waals surface area contributed by atoms with E-state index in [0.29, 0.717) is 10.0 Å². The maximum atomic E-state index is 12.6. The van der Waals surface area contributed by atoms with Gasteiger partial charge in [0.15, 0.2) is 0 Å². The molecule has 0 aromatic heterocycles. The van der Waals surface area contributed by atoms with Crippen molar-refractivity contribution in [3.8, 4) is 0 Å². The summed E-state index contributed by atoms with van der Waals surface area (Å²) in [7, 11) is -0.900. The molecule has 0 heterocycles. The van der Waals surface area contributed by atoms with Crippen LogP contribution in [0.3, 0.4) is 0 Å². The Morgan fingerprint density at radius 1 is 1.48 bits per heavy atom. The Bertz CT molecular complexity index is 644. The van der Waals surface area contributed by atoms with E-state index in [2.05, 4.69) is 15.9 Å². The summed E-state index contributed by atoms with van der Waals surface area (Å²) in [6.07, 6.45) is 0. The van der Waals surface area contributed by atoms with Gasteiger partial charge in [0.05, 0.1) is 17.1 Å². The summed E-state index contributed by atoms with van der Waals surface area (Å²) in [6.45, 7) is 3.60. The van der Waals surface area contributed by atoms with E-state index in [9.17, 15) is 13.2 Å². The third-order valence-electron chi connectivity index (χ3n) is 3.15. The van der Waals surface area contributed by atoms with E-state index in [1.54, 1.807) is 13.8 Å². The minimum absolute atomic E-state index is 0.0645. The molecule has 1 rings (SSSR count). The number of benzene rings is 1. The van der Waals surface area contributed by atoms with Gasteiger partial charge >= 0.3 is 5.97 Å². The first kappa shape index (κ1) is 18.1. The monoisotopic (exact) mass is 379 g/mol. The van der Waals surface area contributed by atoms with Gasteiger partial charge < -0.3 is 9.84 Å². The van der Waals surface area contributed by atoms with Crippen LogP contribution in [0.2, 0.25) is 0 Å². The number of hydrogen-bond donors (Lipinski definition) is 1. The molecule has 1 N–H and O–H groups in total. The van der Waals surface area contributed by atoms with Crippen LogP contribution in [0.5, 0.6) is 0 Å². The molecule has 0 spiro atoms. The molecular formula is C13H18BrNO5S. The maximum Gasteiger partial charge on any atom is 0.335 e. The summed E-state index contributed by atoms with van der Waals surface area (Å²) >= 11 is 3.23. The van der Waals surface area contributed by atoms with Gasteiger partial charge in [-0.1, -0.05) is 0 Å². The number of aromatic carboxylic acids is 1. The van der Waals surface area contributed by atoms with Crippen molar-refractivity contribution >= 4 is 31.9 Å². The lowest BCUT2D eigenvalue weighted by Gasteiger charge is -2.24. The fraction of sp³-hybridized carbons (Fsp3) is 0.462. The number of likely N-dealkylation sites (N-methyl/N-ethyl adjacent to an activating group) is 1. The van der Waals surface area contributed by atoms with Crippen LogP contribution in [0.25, 0.3) is 0 Å². The van der Waals surface area contributed by atoms with Gasteiger partial charge in [0.25, 0.3) is 0 Å². The van der Waals surface area contributed by atoms with Crippen LogP contribution >= 0.6 is 15.9 Å². The predicted molar refractivity (Wildman–Crippen MR) is 82.1 cm³/mol. The standard InChI is InChI=1S/C13H18BrNO5S/c1-8-5-10(13(16)17)6-11(12(8)14)21(18,19)15(3)9(2)7-20-4/h5-6,9H,7H2,1-4H3,(H,16,17). The first-order valence-corrected chi connectivity index (χ1v) is 8.36. The molecule has 1 unspecified atom stereocenters. The molecule has 1 atom stereocenters. The molecule has 21 heavy (non-hydrogen) atoms. The maximum absolute atomic E-state index is 12.6. The number of halogens is 1. The predicted octanol–water partition coefficient (Wildman–Crippen LogP) is 2.11. The summed E-state index contributed by atoms with van der Waals surface area (Å²) in [6, 6.07) is 2.20. The second-order valence-corrected chi connectivity index (χ2v) is 7.49. The van der Waals surface area contributed by atoms with Crippen LogP contribution in [0.1, 0.15) is 22.8 Å². The van der Waals surface area contributed by atoms with E-state index in [0.717, 1.165) is 6.07 Å². The lowest BCUT2D eigenvalue weighted by molar-refractivity contribution is 0.0696. The van der Waals surface area contributed by atoms with E-state index < -0.39 is 16.0 Å². The van der Waals surface area contributed by atoms with Crippen molar-refractivity contribution in [3.63, 3.8) is 0 Å². The van der Waals surface area contributed by atoms with Gasteiger partial charge in [-0.15, -0.1) is 0 Å². The molecule has 8 heteroatoms. The van der Waals surface area contributed by atoms with Gasteiger partial charge in [-0.2, -0.15) is 4.31 Å². The fourth-order valence-electron chi connectivity index (χ4n) is 1.79. The molecule has 1 aromatic carbocycles. The smallest absolute Gasteiger partial charge is 0.335 e. The molecule has 0 radical (unpaired) electrons. The summed E-state index contributed by atoms with van der Waals surface area (Å²) in [5, 5.41) is 9.08. The second-order valence-electron chi connectivity index (χ2n) is 4.74. The molecule has 6 nitrogen and oxygen atoms in total. The quantitative estimate of drug-likeness (QED) is 0.817. The number of rotatable bonds is 6. The average molecular weight is 380 g/mol. The zero-order valence-corrected chi connectivity index (χ0v) is 14.7. The Labute approximate surface area is 132 Å². The normalized spacial score (nSPS) is 13.4. The van der Waals surface area contributed by atoms with Crippen molar-refractivity contribution in [2.24, 2.45) is 0 Å². The Kier molecular flexibility index (Phi) is 5.92. The minimum Gasteiger partial charge on any atom is -0.478 e. The largest absolute Gasteiger partial charge is 0.478 e. The first-order chi connectivity index (χ1) is 9.62. The molecule has 0 saturated carbocycles. The Morgan fingerprint density at radius 3 is 2.52 bits per heavy atom. The van der Waals surface area contributed by atoms with Gasteiger partial charge in [-0.25, -0.2) is 13.2 Å². The molecular weight excluding hydrogens is 362 g/mol. The fourth-order valence-corrected chi connectivity index (χ4v) is 4.14. The Hall–Kier alpha value is -0.960. The molecule has 0 aliphatic rings. The second kappa shape index (κ2) is 6.87. The number of carboxylic acids is 1. The van der Waals surface area contributed by atoms with E-state index in [1.165, 1.54) is 24.5 Å². The van der Waals surface area contributed by atoms with Crippen molar-refractivity contribution in [3.05, 3.63) is 27.7 Å². The van der Waals surface area contributed by atoms with Crippen molar-refractivity contribution in [2.45, 2.75) is 24.8 Å². The summed E-state index contributed by atoms with van der Waals surface area (Å²) in [5.74, 6) is -1.17. The molecule has 0 amide bonds. The van der Waals surface area contributed by atoms with Crippen LogP contribution in [0, 0.1) is 6.92 Å². The lowest BCUT2D eigenvalue weighted by atomic mass is 10.1. The third kappa shape index (κ3) is 3.82. The van der Waals surface area contributed by atoms with Crippen LogP contribution in [-0.2, 0) is 14.8 Å². The lowest BCUT2D eigenvalue weighted by Crippen LogP contribution is -2.38. The number of methoxy groups -OCH3 is 1. The molecule has 0 saturated heterocycles. The zero-order valence-electron chi connectivity index (χ0n) is 12.3. The highest BCUT2D eigenvalue weighted by Crippen LogP contribution is 2.30. The molecule has 0 bridgehead atoms. The van der Waals surface area contributed by atoms with E-state index in [4.69, 9.17) is 9.84 Å². The van der Waals surface area contributed by atoms with E-state index >= 15 is 0 Å². The summed E-state index contributed by atoms with van der Waals surface area (Å²) in [4.78, 5) is 11.0. The molecule has 0 aliphatic heterocycles. The van der Waals surface area contributed by atoms with Gasteiger partial charge in [-0.3, -0.25) is 0 Å². The number of nitrogens with zero attached hydrogens (tertiary/aromatic N) is 1. The van der Waals surface area contributed by atoms with Crippen LogP contribution in [-0.4, -0.2) is 50.6 Å². The highest BCUT2D eigenvalue weighted by atomic mass is 79.9. The molecule has 1 aromatic rings. The van der Waals surface area contributed by atoms with Gasteiger partial charge in [0, 0.05) is 24.7 Å². The van der Waals surface area contributed by atoms with Crippen LogP contribution in [0.4, 0.5) is 0 Å². The molecule has 0 aliphatic carbocycles. The summed E-state index contributed by atoms with van der Waals surface area (Å²) < 4.78 is 31.8.